The molecule has 1 unspecified atom stereocenters. The SMILES string of the molecule is Cc1cccc(C(O)/C=C/C#N)c1. The van der Waals surface area contributed by atoms with Gasteiger partial charge in [0.1, 0.15) is 0 Å². The van der Waals surface area contributed by atoms with Gasteiger partial charge in [0.15, 0.2) is 0 Å². The van der Waals surface area contributed by atoms with E-state index < -0.39 is 6.10 Å². The Morgan fingerprint density at radius 1 is 1.54 bits per heavy atom. The Morgan fingerprint density at radius 3 is 2.92 bits per heavy atom. The number of rotatable bonds is 2. The van der Waals surface area contributed by atoms with Gasteiger partial charge in [-0.3, -0.25) is 0 Å². The average molecular weight is 173 g/mol. The Labute approximate surface area is 77.8 Å². The first-order chi connectivity index (χ1) is 6.24. The molecule has 2 heteroatoms. The van der Waals surface area contributed by atoms with E-state index in [9.17, 15) is 5.11 Å². The number of benzene rings is 1. The predicted molar refractivity (Wildman–Crippen MR) is 50.9 cm³/mol. The molecular weight excluding hydrogens is 162 g/mol. The molecule has 0 amide bonds. The smallest absolute Gasteiger partial charge is 0.0981 e. The second-order valence-electron chi connectivity index (χ2n) is 2.85. The van der Waals surface area contributed by atoms with E-state index in [0.717, 1.165) is 11.1 Å². The largest absolute Gasteiger partial charge is 0.384 e. The van der Waals surface area contributed by atoms with Crippen LogP contribution in [0.5, 0.6) is 0 Å². The van der Waals surface area contributed by atoms with Crippen LogP contribution in [0.2, 0.25) is 0 Å². The average Bonchev–Trinajstić information content (AvgIpc) is 2.14. The van der Waals surface area contributed by atoms with Crippen LogP contribution in [0.3, 0.4) is 0 Å². The topological polar surface area (TPSA) is 44.0 Å². The fourth-order valence-electron chi connectivity index (χ4n) is 1.10. The van der Waals surface area contributed by atoms with E-state index in [0.29, 0.717) is 0 Å². The highest BCUT2D eigenvalue weighted by molar-refractivity contribution is 5.27. The molecule has 0 saturated carbocycles. The molecule has 0 spiro atoms. The third kappa shape index (κ3) is 2.73. The molecular formula is C11H11NO. The number of hydrogen-bond donors (Lipinski definition) is 1. The van der Waals surface area contributed by atoms with Crippen LogP contribution in [0.15, 0.2) is 36.4 Å². The second-order valence-corrected chi connectivity index (χ2v) is 2.85. The van der Waals surface area contributed by atoms with Crippen molar-refractivity contribution in [1.29, 1.82) is 5.26 Å². The normalized spacial score (nSPS) is 12.7. The molecule has 2 nitrogen and oxygen atoms in total. The summed E-state index contributed by atoms with van der Waals surface area (Å²) in [5.41, 5.74) is 1.91. The van der Waals surface area contributed by atoms with Gasteiger partial charge in [0.05, 0.1) is 12.2 Å². The summed E-state index contributed by atoms with van der Waals surface area (Å²) in [6.45, 7) is 1.96. The van der Waals surface area contributed by atoms with Crippen molar-refractivity contribution in [3.05, 3.63) is 47.5 Å². The van der Waals surface area contributed by atoms with Crippen molar-refractivity contribution in [2.45, 2.75) is 13.0 Å². The molecule has 1 aromatic rings. The maximum Gasteiger partial charge on any atom is 0.0981 e. The zero-order valence-electron chi connectivity index (χ0n) is 7.44. The van der Waals surface area contributed by atoms with E-state index in [1.54, 1.807) is 0 Å². The molecule has 0 aromatic heterocycles. The first kappa shape index (κ1) is 9.50. The number of aliphatic hydroxyl groups is 1. The molecule has 1 rings (SSSR count). The van der Waals surface area contributed by atoms with Crippen LogP contribution in [0.25, 0.3) is 0 Å². The molecule has 1 N–H and O–H groups in total. The zero-order valence-corrected chi connectivity index (χ0v) is 7.44. The summed E-state index contributed by atoms with van der Waals surface area (Å²) in [6.07, 6.45) is 2.07. The fourth-order valence-corrected chi connectivity index (χ4v) is 1.10. The number of aryl methyl sites for hydroxylation is 1. The van der Waals surface area contributed by atoms with E-state index in [1.165, 1.54) is 12.2 Å². The molecule has 0 heterocycles. The van der Waals surface area contributed by atoms with E-state index in [1.807, 2.05) is 37.3 Å². The lowest BCUT2D eigenvalue weighted by Crippen LogP contribution is -1.92. The predicted octanol–water partition coefficient (Wildman–Crippen LogP) is 2.11. The minimum atomic E-state index is -0.681. The van der Waals surface area contributed by atoms with Gasteiger partial charge in [-0.1, -0.05) is 29.8 Å². The summed E-state index contributed by atoms with van der Waals surface area (Å²) in [6, 6.07) is 9.42. The maximum atomic E-state index is 9.54. The Hall–Kier alpha value is -1.59. The first-order valence-electron chi connectivity index (χ1n) is 4.05. The molecule has 0 saturated heterocycles. The quantitative estimate of drug-likeness (QED) is 0.696. The number of allylic oxidation sites excluding steroid dienone is 1. The number of hydrogen-bond acceptors (Lipinski definition) is 2. The lowest BCUT2D eigenvalue weighted by atomic mass is 10.1. The molecule has 0 aliphatic carbocycles. The fraction of sp³-hybridized carbons (Fsp3) is 0.182. The van der Waals surface area contributed by atoms with Gasteiger partial charge in [0, 0.05) is 6.08 Å². The van der Waals surface area contributed by atoms with Crippen LogP contribution in [0.4, 0.5) is 0 Å². The number of nitrogens with zero attached hydrogens (tertiary/aromatic N) is 1. The van der Waals surface area contributed by atoms with Gasteiger partial charge in [-0.15, -0.1) is 0 Å². The van der Waals surface area contributed by atoms with Crippen molar-refractivity contribution in [2.75, 3.05) is 0 Å². The van der Waals surface area contributed by atoms with Crippen molar-refractivity contribution in [3.63, 3.8) is 0 Å². The van der Waals surface area contributed by atoms with Crippen molar-refractivity contribution >= 4 is 0 Å². The number of nitriles is 1. The van der Waals surface area contributed by atoms with Gasteiger partial charge in [0.2, 0.25) is 0 Å². The zero-order chi connectivity index (χ0) is 9.68. The summed E-state index contributed by atoms with van der Waals surface area (Å²) in [5.74, 6) is 0. The molecule has 13 heavy (non-hydrogen) atoms. The van der Waals surface area contributed by atoms with E-state index >= 15 is 0 Å². The first-order valence-corrected chi connectivity index (χ1v) is 4.05. The maximum absolute atomic E-state index is 9.54. The summed E-state index contributed by atoms with van der Waals surface area (Å²) in [7, 11) is 0. The molecule has 0 bridgehead atoms. The molecule has 1 aromatic carbocycles. The van der Waals surface area contributed by atoms with Gasteiger partial charge in [-0.25, -0.2) is 0 Å². The highest BCUT2D eigenvalue weighted by Gasteiger charge is 2.01. The third-order valence-corrected chi connectivity index (χ3v) is 1.74. The lowest BCUT2D eigenvalue weighted by Gasteiger charge is -2.05. The standard InChI is InChI=1S/C11H11NO/c1-9-4-2-5-10(8-9)11(13)6-3-7-12/h2-6,8,11,13H,1H3/b6-3+. The lowest BCUT2D eigenvalue weighted by molar-refractivity contribution is 0.228. The Morgan fingerprint density at radius 2 is 2.31 bits per heavy atom. The summed E-state index contributed by atoms with van der Waals surface area (Å²) < 4.78 is 0. The van der Waals surface area contributed by atoms with E-state index in [2.05, 4.69) is 0 Å². The van der Waals surface area contributed by atoms with E-state index in [4.69, 9.17) is 5.26 Å². The minimum Gasteiger partial charge on any atom is -0.384 e. The Kier molecular flexibility index (Phi) is 3.24. The van der Waals surface area contributed by atoms with Crippen LogP contribution in [0, 0.1) is 18.3 Å². The Balaban J connectivity index is 2.84. The van der Waals surface area contributed by atoms with Crippen LogP contribution in [-0.4, -0.2) is 5.11 Å². The van der Waals surface area contributed by atoms with Crippen LogP contribution in [0.1, 0.15) is 17.2 Å². The van der Waals surface area contributed by atoms with Gasteiger partial charge in [-0.05, 0) is 18.6 Å². The Bertz CT molecular complexity index is 349. The second kappa shape index (κ2) is 4.44. The molecule has 0 aliphatic rings. The van der Waals surface area contributed by atoms with Crippen molar-refractivity contribution in [3.8, 4) is 6.07 Å². The van der Waals surface area contributed by atoms with Gasteiger partial charge in [-0.2, -0.15) is 5.26 Å². The molecule has 0 fully saturated rings. The van der Waals surface area contributed by atoms with Crippen molar-refractivity contribution in [2.24, 2.45) is 0 Å². The van der Waals surface area contributed by atoms with Crippen LogP contribution in [-0.2, 0) is 0 Å². The van der Waals surface area contributed by atoms with Crippen molar-refractivity contribution in [1.82, 2.24) is 0 Å². The molecule has 0 radical (unpaired) electrons. The van der Waals surface area contributed by atoms with E-state index in [-0.39, 0.29) is 0 Å². The van der Waals surface area contributed by atoms with Crippen LogP contribution < -0.4 is 0 Å². The summed E-state index contributed by atoms with van der Waals surface area (Å²) in [4.78, 5) is 0. The molecule has 1 atom stereocenters. The minimum absolute atomic E-state index is 0.681. The molecule has 66 valence electrons. The molecule has 0 aliphatic heterocycles. The summed E-state index contributed by atoms with van der Waals surface area (Å²) in [5, 5.41) is 17.8. The monoisotopic (exact) mass is 173 g/mol. The highest BCUT2D eigenvalue weighted by Crippen LogP contribution is 2.14. The highest BCUT2D eigenvalue weighted by atomic mass is 16.3. The van der Waals surface area contributed by atoms with Crippen LogP contribution >= 0.6 is 0 Å². The number of aliphatic hydroxyl groups excluding tert-OH is 1. The van der Waals surface area contributed by atoms with Gasteiger partial charge < -0.3 is 5.11 Å². The van der Waals surface area contributed by atoms with Gasteiger partial charge in [0.25, 0.3) is 0 Å². The third-order valence-electron chi connectivity index (χ3n) is 1.74. The van der Waals surface area contributed by atoms with Crippen molar-refractivity contribution < 1.29 is 5.11 Å². The van der Waals surface area contributed by atoms with Gasteiger partial charge >= 0.3 is 0 Å². The summed E-state index contributed by atoms with van der Waals surface area (Å²) >= 11 is 0.